The van der Waals surface area contributed by atoms with Gasteiger partial charge in [-0.1, -0.05) is 5.16 Å². The number of carbonyl (C=O) groups excluding carboxylic acids is 3. The molecule has 0 radical (unpaired) electrons. The number of rotatable bonds is 8. The van der Waals surface area contributed by atoms with E-state index in [0.717, 1.165) is 31.2 Å². The van der Waals surface area contributed by atoms with Crippen molar-refractivity contribution in [1.82, 2.24) is 19.6 Å². The van der Waals surface area contributed by atoms with Crippen molar-refractivity contribution in [1.29, 1.82) is 0 Å². The summed E-state index contributed by atoms with van der Waals surface area (Å²) in [6.45, 7) is 2.74. The lowest BCUT2D eigenvalue weighted by Crippen LogP contribution is -2.71. The molecule has 6 rings (SSSR count). The minimum absolute atomic E-state index is 0.0243. The first-order valence-corrected chi connectivity index (χ1v) is 13.5. The Hall–Kier alpha value is -3.24. The number of nitrogens with one attached hydrogen (secondary N) is 1. The molecular weight excluding hydrogens is 524 g/mol. The van der Waals surface area contributed by atoms with E-state index < -0.39 is 34.6 Å². The largest absolute Gasteiger partial charge is 0.477 e. The highest BCUT2D eigenvalue weighted by atomic mass is 32.2. The summed E-state index contributed by atoms with van der Waals surface area (Å²) < 4.78 is 4.65. The number of anilines is 1. The van der Waals surface area contributed by atoms with Gasteiger partial charge in [0.15, 0.2) is 5.13 Å². The minimum Gasteiger partial charge on any atom is -0.477 e. The van der Waals surface area contributed by atoms with Gasteiger partial charge in [0.25, 0.3) is 11.8 Å². The Morgan fingerprint density at radius 1 is 1.30 bits per heavy atom. The third-order valence-corrected chi connectivity index (χ3v) is 9.71. The number of quaternary nitrogens is 1. The standard InChI is InChI=1S/C21H26N8O6S2/c1-35-26-11(14-25-20(23)37-27-14)15(30)24-12-16(31)28-13(18(32)33)10(9-36-17(12)28)8-29-5-2-21(3-6-29,4-7-29)19(22)34/h12,17H,2-9H2,1H3,(H5-,22,23,24,25,27,30,32,33,34)/p+1/b26-11-. The van der Waals surface area contributed by atoms with Gasteiger partial charge in [0.2, 0.25) is 17.4 Å². The molecule has 3 amide bonds. The quantitative estimate of drug-likeness (QED) is 0.130. The number of nitrogens with zero attached hydrogens (tertiary/aromatic N) is 5. The first-order chi connectivity index (χ1) is 17.6. The van der Waals surface area contributed by atoms with Crippen molar-refractivity contribution in [3.05, 3.63) is 17.1 Å². The van der Waals surface area contributed by atoms with Crippen LogP contribution in [0, 0.1) is 5.41 Å². The second-order valence-electron chi connectivity index (χ2n) is 9.76. The van der Waals surface area contributed by atoms with Crippen LogP contribution in [0.25, 0.3) is 0 Å². The molecule has 2 atom stereocenters. The monoisotopic (exact) mass is 551 g/mol. The second kappa shape index (κ2) is 9.25. The number of carboxylic acid groups (broad SMARTS) is 1. The summed E-state index contributed by atoms with van der Waals surface area (Å²) in [5, 5.41) is 15.9. The number of hydrogen-bond donors (Lipinski definition) is 4. The number of nitrogen functional groups attached to an aromatic ring is 1. The first kappa shape index (κ1) is 25.4. The van der Waals surface area contributed by atoms with Crippen LogP contribution in [-0.4, -0.2) is 104 Å². The Morgan fingerprint density at radius 2 is 1.97 bits per heavy atom. The van der Waals surface area contributed by atoms with Gasteiger partial charge < -0.3 is 31.2 Å². The summed E-state index contributed by atoms with van der Waals surface area (Å²) >= 11 is 2.28. The van der Waals surface area contributed by atoms with E-state index in [1.807, 2.05) is 0 Å². The van der Waals surface area contributed by atoms with Crippen molar-refractivity contribution >= 4 is 57.8 Å². The van der Waals surface area contributed by atoms with E-state index >= 15 is 0 Å². The number of carboxylic acids is 1. The zero-order chi connectivity index (χ0) is 26.5. The number of carbonyl (C=O) groups is 4. The van der Waals surface area contributed by atoms with Gasteiger partial charge in [-0.25, -0.2) is 4.79 Å². The third kappa shape index (κ3) is 4.21. The molecule has 0 aromatic carbocycles. The Balaban J connectivity index is 1.32. The van der Waals surface area contributed by atoms with E-state index in [1.54, 1.807) is 0 Å². The number of hydrogen-bond acceptors (Lipinski definition) is 11. The van der Waals surface area contributed by atoms with Crippen LogP contribution in [0.4, 0.5) is 5.13 Å². The molecule has 1 aromatic rings. The van der Waals surface area contributed by atoms with Crippen LogP contribution in [0.15, 0.2) is 16.4 Å². The number of piperidine rings is 3. The summed E-state index contributed by atoms with van der Waals surface area (Å²) in [4.78, 5) is 60.2. The maximum Gasteiger partial charge on any atom is 0.352 e. The molecule has 14 nitrogen and oxygen atoms in total. The van der Waals surface area contributed by atoms with Crippen molar-refractivity contribution in [2.75, 3.05) is 44.8 Å². The van der Waals surface area contributed by atoms with Crippen LogP contribution < -0.4 is 16.8 Å². The van der Waals surface area contributed by atoms with Gasteiger partial charge in [-0.05, 0) is 0 Å². The van der Waals surface area contributed by atoms with Gasteiger partial charge in [0.05, 0.1) is 25.0 Å². The van der Waals surface area contributed by atoms with E-state index in [1.165, 1.54) is 23.8 Å². The van der Waals surface area contributed by atoms with Crippen LogP contribution in [0.5, 0.6) is 0 Å². The lowest BCUT2D eigenvalue weighted by Gasteiger charge is -2.55. The Kier molecular flexibility index (Phi) is 6.35. The number of nitrogens with two attached hydrogens (primary N) is 2. The molecule has 6 N–H and O–H groups in total. The summed E-state index contributed by atoms with van der Waals surface area (Å²) in [6.07, 6.45) is 2.07. The fraction of sp³-hybridized carbons (Fsp3) is 0.571. The summed E-state index contributed by atoms with van der Waals surface area (Å²) in [6, 6.07) is -0.945. The number of primary amides is 1. The topological polar surface area (TPSA) is 203 Å². The van der Waals surface area contributed by atoms with Crippen LogP contribution >= 0.6 is 23.3 Å². The second-order valence-corrected chi connectivity index (χ2v) is 11.7. The molecule has 6 heterocycles. The number of amides is 3. The SMILES string of the molecule is CO/N=C(\C(=O)NC1C(=O)N2C(C(=O)O)=C(C[N+]34CCC(C(N)=O)(CC3)CC4)CSC12)c1nsc(N)n1. The predicted octanol–water partition coefficient (Wildman–Crippen LogP) is -1.30. The number of β-lactam (4-membered cyclic amide) rings is 1. The highest BCUT2D eigenvalue weighted by Crippen LogP contribution is 2.46. The lowest BCUT2D eigenvalue weighted by molar-refractivity contribution is -0.940. The average molecular weight is 552 g/mol. The zero-order valence-corrected chi connectivity index (χ0v) is 21.6. The fourth-order valence-corrected chi connectivity index (χ4v) is 7.47. The van der Waals surface area contributed by atoms with E-state index in [9.17, 15) is 24.3 Å². The van der Waals surface area contributed by atoms with Gasteiger partial charge in [0.1, 0.15) is 30.8 Å². The van der Waals surface area contributed by atoms with Crippen molar-refractivity contribution in [2.24, 2.45) is 16.3 Å². The molecule has 5 aliphatic heterocycles. The lowest BCUT2D eigenvalue weighted by atomic mass is 9.70. The summed E-state index contributed by atoms with van der Waals surface area (Å²) in [5.41, 5.74) is 11.2. The van der Waals surface area contributed by atoms with Crippen LogP contribution in [-0.2, 0) is 24.0 Å². The Labute approximate surface area is 219 Å². The molecule has 1 aromatic heterocycles. The minimum atomic E-state index is -1.18. The number of thioether (sulfide) groups is 1. The average Bonchev–Trinajstić information content (AvgIpc) is 3.31. The van der Waals surface area contributed by atoms with Gasteiger partial charge in [-0.15, -0.1) is 11.8 Å². The van der Waals surface area contributed by atoms with Crippen LogP contribution in [0.3, 0.4) is 0 Å². The van der Waals surface area contributed by atoms with E-state index in [-0.39, 0.29) is 28.3 Å². The molecule has 198 valence electrons. The van der Waals surface area contributed by atoms with Crippen molar-refractivity contribution in [3.8, 4) is 0 Å². The molecule has 4 saturated heterocycles. The molecule has 16 heteroatoms. The van der Waals surface area contributed by atoms with Crippen molar-refractivity contribution < 1.29 is 33.6 Å². The third-order valence-electron chi connectivity index (χ3n) is 7.83. The smallest absolute Gasteiger partial charge is 0.352 e. The van der Waals surface area contributed by atoms with Crippen LogP contribution in [0.1, 0.15) is 25.1 Å². The highest BCUT2D eigenvalue weighted by Gasteiger charge is 2.57. The van der Waals surface area contributed by atoms with Gasteiger partial charge in [-0.3, -0.25) is 19.3 Å². The molecule has 5 aliphatic rings. The van der Waals surface area contributed by atoms with Gasteiger partial charge in [-0.2, -0.15) is 9.36 Å². The molecule has 0 spiro atoms. The molecule has 0 aliphatic carbocycles. The normalized spacial score (nSPS) is 31.0. The maximum atomic E-state index is 13.1. The first-order valence-electron chi connectivity index (χ1n) is 11.7. The Bertz CT molecular complexity index is 1220. The zero-order valence-electron chi connectivity index (χ0n) is 20.0. The Morgan fingerprint density at radius 3 is 2.51 bits per heavy atom. The fourth-order valence-electron chi connectivity index (χ4n) is 5.70. The van der Waals surface area contributed by atoms with Gasteiger partial charge in [0, 0.05) is 42.1 Å². The van der Waals surface area contributed by atoms with Gasteiger partial charge >= 0.3 is 5.97 Å². The molecular formula is C21H27N8O6S2+. The van der Waals surface area contributed by atoms with Crippen molar-refractivity contribution in [2.45, 2.75) is 30.7 Å². The van der Waals surface area contributed by atoms with E-state index in [4.69, 9.17) is 16.3 Å². The number of oxime groups is 1. The number of aliphatic carboxylic acids is 1. The predicted molar refractivity (Wildman–Crippen MR) is 133 cm³/mol. The highest BCUT2D eigenvalue weighted by molar-refractivity contribution is 8.00. The maximum absolute atomic E-state index is 13.1. The molecule has 0 saturated carbocycles. The number of aromatic nitrogens is 2. The number of fused-ring (bicyclic) bond motifs is 4. The van der Waals surface area contributed by atoms with E-state index in [0.29, 0.717) is 41.6 Å². The summed E-state index contributed by atoms with van der Waals surface area (Å²) in [5.74, 6) is -2.31. The molecule has 2 bridgehead atoms. The molecule has 37 heavy (non-hydrogen) atoms. The van der Waals surface area contributed by atoms with Crippen molar-refractivity contribution in [3.63, 3.8) is 0 Å². The summed E-state index contributed by atoms with van der Waals surface area (Å²) in [7, 11) is 1.26. The van der Waals surface area contributed by atoms with E-state index in [2.05, 4.69) is 19.8 Å². The molecule has 4 fully saturated rings. The molecule has 2 unspecified atom stereocenters. The van der Waals surface area contributed by atoms with Crippen LogP contribution in [0.2, 0.25) is 0 Å².